The quantitative estimate of drug-likeness (QED) is 0.641. The molecular formula is C10H7N3O. The summed E-state index contributed by atoms with van der Waals surface area (Å²) in [6.07, 6.45) is 0. The summed E-state index contributed by atoms with van der Waals surface area (Å²) in [5.41, 5.74) is 5.57. The van der Waals surface area contributed by atoms with Gasteiger partial charge in [0.1, 0.15) is 17.5 Å². The summed E-state index contributed by atoms with van der Waals surface area (Å²) in [6, 6.07) is 8.85. The minimum Gasteiger partial charge on any atom is -0.384 e. The van der Waals surface area contributed by atoms with Crippen LogP contribution in [0.25, 0.3) is 10.8 Å². The van der Waals surface area contributed by atoms with E-state index in [-0.39, 0.29) is 11.4 Å². The molecule has 0 aliphatic heterocycles. The molecule has 0 spiro atoms. The Morgan fingerprint density at radius 2 is 1.93 bits per heavy atom. The molecule has 0 aliphatic carbocycles. The predicted molar refractivity (Wildman–Crippen MR) is 53.7 cm³/mol. The molecule has 3 N–H and O–H groups in total. The Morgan fingerprint density at radius 3 is 2.57 bits per heavy atom. The topological polar surface area (TPSA) is 82.7 Å². The van der Waals surface area contributed by atoms with Crippen LogP contribution in [-0.2, 0) is 0 Å². The van der Waals surface area contributed by atoms with Crippen molar-refractivity contribution in [2.24, 2.45) is 0 Å². The molecule has 0 aliphatic rings. The molecule has 1 heterocycles. The molecule has 1 aromatic carbocycles. The van der Waals surface area contributed by atoms with Crippen LogP contribution in [0.5, 0.6) is 0 Å². The number of hydrogen-bond acceptors (Lipinski definition) is 3. The highest BCUT2D eigenvalue weighted by Crippen LogP contribution is 2.17. The second-order valence-electron chi connectivity index (χ2n) is 2.90. The second kappa shape index (κ2) is 2.89. The zero-order valence-corrected chi connectivity index (χ0v) is 7.24. The third-order valence-electron chi connectivity index (χ3n) is 2.07. The maximum Gasteiger partial charge on any atom is 0.257 e. The van der Waals surface area contributed by atoms with Crippen LogP contribution >= 0.6 is 0 Å². The summed E-state index contributed by atoms with van der Waals surface area (Å²) in [5.74, 6) is 0.121. The van der Waals surface area contributed by atoms with Gasteiger partial charge in [0.15, 0.2) is 0 Å². The van der Waals surface area contributed by atoms with Gasteiger partial charge in [0.25, 0.3) is 5.56 Å². The van der Waals surface area contributed by atoms with Gasteiger partial charge in [-0.2, -0.15) is 5.26 Å². The normalized spacial score (nSPS) is 9.93. The highest BCUT2D eigenvalue weighted by atomic mass is 16.1. The van der Waals surface area contributed by atoms with Gasteiger partial charge in [-0.05, 0) is 6.07 Å². The van der Waals surface area contributed by atoms with Crippen molar-refractivity contribution in [1.29, 1.82) is 5.26 Å². The van der Waals surface area contributed by atoms with Gasteiger partial charge in [-0.3, -0.25) is 4.79 Å². The van der Waals surface area contributed by atoms with Crippen LogP contribution in [0.2, 0.25) is 0 Å². The van der Waals surface area contributed by atoms with E-state index in [9.17, 15) is 4.79 Å². The average Bonchev–Trinajstić information content (AvgIpc) is 2.18. The zero-order chi connectivity index (χ0) is 10.1. The number of benzene rings is 1. The molecule has 1 aromatic heterocycles. The van der Waals surface area contributed by atoms with E-state index in [1.54, 1.807) is 24.3 Å². The molecule has 0 saturated carbocycles. The van der Waals surface area contributed by atoms with Crippen molar-refractivity contribution in [2.75, 3.05) is 5.73 Å². The highest BCUT2D eigenvalue weighted by molar-refractivity contribution is 5.90. The zero-order valence-electron chi connectivity index (χ0n) is 7.24. The monoisotopic (exact) mass is 185 g/mol. The molecule has 0 unspecified atom stereocenters. The molecule has 2 rings (SSSR count). The molecule has 0 atom stereocenters. The van der Waals surface area contributed by atoms with Crippen molar-refractivity contribution in [1.82, 2.24) is 4.98 Å². The van der Waals surface area contributed by atoms with Gasteiger partial charge in [-0.15, -0.1) is 0 Å². The summed E-state index contributed by atoms with van der Waals surface area (Å²) in [7, 11) is 0. The first-order chi connectivity index (χ1) is 6.74. The number of nitrogens with zero attached hydrogens (tertiary/aromatic N) is 1. The van der Waals surface area contributed by atoms with E-state index in [2.05, 4.69) is 4.98 Å². The number of pyridine rings is 1. The number of hydrogen-bond donors (Lipinski definition) is 2. The van der Waals surface area contributed by atoms with Gasteiger partial charge < -0.3 is 10.7 Å². The van der Waals surface area contributed by atoms with E-state index >= 15 is 0 Å². The number of aromatic nitrogens is 1. The number of nitriles is 1. The van der Waals surface area contributed by atoms with Crippen molar-refractivity contribution < 1.29 is 0 Å². The first-order valence-electron chi connectivity index (χ1n) is 4.04. The molecular weight excluding hydrogens is 178 g/mol. The van der Waals surface area contributed by atoms with Crippen LogP contribution in [0.4, 0.5) is 5.82 Å². The molecule has 14 heavy (non-hydrogen) atoms. The van der Waals surface area contributed by atoms with Crippen molar-refractivity contribution >= 4 is 16.6 Å². The Bertz CT molecular complexity index is 592. The van der Waals surface area contributed by atoms with Gasteiger partial charge >= 0.3 is 0 Å². The largest absolute Gasteiger partial charge is 0.384 e. The first-order valence-corrected chi connectivity index (χ1v) is 4.04. The Balaban J connectivity index is 3.08. The van der Waals surface area contributed by atoms with E-state index in [1.165, 1.54) is 0 Å². The van der Waals surface area contributed by atoms with Gasteiger partial charge in [0.05, 0.1) is 0 Å². The average molecular weight is 185 g/mol. The molecule has 0 fully saturated rings. The molecule has 0 saturated heterocycles. The number of H-pyrrole nitrogens is 1. The number of aromatic amines is 1. The minimum absolute atomic E-state index is 0.121. The summed E-state index contributed by atoms with van der Waals surface area (Å²) in [5, 5.41) is 9.93. The van der Waals surface area contributed by atoms with Crippen molar-refractivity contribution in [2.45, 2.75) is 0 Å². The van der Waals surface area contributed by atoms with E-state index in [0.29, 0.717) is 16.3 Å². The number of nitrogens with one attached hydrogen (secondary N) is 1. The van der Waals surface area contributed by atoms with Crippen molar-refractivity contribution in [3.05, 3.63) is 40.2 Å². The third kappa shape index (κ3) is 1.04. The first kappa shape index (κ1) is 8.32. The fourth-order valence-corrected chi connectivity index (χ4v) is 1.42. The highest BCUT2D eigenvalue weighted by Gasteiger charge is 2.07. The van der Waals surface area contributed by atoms with E-state index in [4.69, 9.17) is 11.0 Å². The predicted octanol–water partition coefficient (Wildman–Crippen LogP) is 0.982. The Labute approximate surface area is 79.6 Å². The molecule has 0 bridgehead atoms. The maximum absolute atomic E-state index is 11.4. The third-order valence-corrected chi connectivity index (χ3v) is 2.07. The standard InChI is InChI=1S/C10H7N3O/c11-5-8-6-3-1-2-4-7(6)10(14)13-9(8)12/h1-4H,(H3,12,13,14). The van der Waals surface area contributed by atoms with E-state index in [1.807, 2.05) is 6.07 Å². The van der Waals surface area contributed by atoms with Crippen LogP contribution in [0.15, 0.2) is 29.1 Å². The number of rotatable bonds is 0. The number of nitrogens with two attached hydrogens (primary N) is 1. The molecule has 0 radical (unpaired) electrons. The maximum atomic E-state index is 11.4. The van der Waals surface area contributed by atoms with E-state index < -0.39 is 0 Å². The fraction of sp³-hybridized carbons (Fsp3) is 0. The summed E-state index contributed by atoms with van der Waals surface area (Å²) < 4.78 is 0. The lowest BCUT2D eigenvalue weighted by molar-refractivity contribution is 1.27. The lowest BCUT2D eigenvalue weighted by Crippen LogP contribution is -2.11. The Morgan fingerprint density at radius 1 is 1.29 bits per heavy atom. The van der Waals surface area contributed by atoms with E-state index in [0.717, 1.165) is 0 Å². The SMILES string of the molecule is N#Cc1c(N)[nH]c(=O)c2ccccc12. The van der Waals surface area contributed by atoms with Crippen LogP contribution in [0, 0.1) is 11.3 Å². The lowest BCUT2D eigenvalue weighted by Gasteiger charge is -2.01. The smallest absolute Gasteiger partial charge is 0.257 e. The number of anilines is 1. The summed E-state index contributed by atoms with van der Waals surface area (Å²) >= 11 is 0. The molecule has 68 valence electrons. The minimum atomic E-state index is -0.267. The van der Waals surface area contributed by atoms with Crippen LogP contribution in [-0.4, -0.2) is 4.98 Å². The van der Waals surface area contributed by atoms with Crippen molar-refractivity contribution in [3.8, 4) is 6.07 Å². The van der Waals surface area contributed by atoms with Crippen LogP contribution in [0.3, 0.4) is 0 Å². The molecule has 4 heteroatoms. The Hall–Kier alpha value is -2.28. The van der Waals surface area contributed by atoms with Gasteiger partial charge in [-0.1, -0.05) is 18.2 Å². The second-order valence-corrected chi connectivity index (χ2v) is 2.90. The molecule has 0 amide bonds. The van der Waals surface area contributed by atoms with Crippen LogP contribution in [0.1, 0.15) is 5.56 Å². The van der Waals surface area contributed by atoms with Gasteiger partial charge in [0.2, 0.25) is 0 Å². The lowest BCUT2D eigenvalue weighted by atomic mass is 10.1. The van der Waals surface area contributed by atoms with Crippen LogP contribution < -0.4 is 11.3 Å². The van der Waals surface area contributed by atoms with Gasteiger partial charge in [-0.25, -0.2) is 0 Å². The van der Waals surface area contributed by atoms with Crippen molar-refractivity contribution in [3.63, 3.8) is 0 Å². The summed E-state index contributed by atoms with van der Waals surface area (Å²) in [6.45, 7) is 0. The Kier molecular flexibility index (Phi) is 1.72. The molecule has 2 aromatic rings. The number of nitrogen functional groups attached to an aromatic ring is 1. The molecule has 4 nitrogen and oxygen atoms in total. The number of fused-ring (bicyclic) bond motifs is 1. The summed E-state index contributed by atoms with van der Waals surface area (Å²) in [4.78, 5) is 13.9. The fourth-order valence-electron chi connectivity index (χ4n) is 1.42. The van der Waals surface area contributed by atoms with Gasteiger partial charge in [0, 0.05) is 10.8 Å².